The summed E-state index contributed by atoms with van der Waals surface area (Å²) in [5.41, 5.74) is 1.94. The summed E-state index contributed by atoms with van der Waals surface area (Å²) in [6.07, 6.45) is 3.46. The Morgan fingerprint density at radius 2 is 1.90 bits per heavy atom. The van der Waals surface area contributed by atoms with Gasteiger partial charge < -0.3 is 4.74 Å². The highest BCUT2D eigenvalue weighted by Gasteiger charge is 2.14. The minimum atomic E-state index is -0.504. The molecule has 0 aliphatic carbocycles. The summed E-state index contributed by atoms with van der Waals surface area (Å²) in [7, 11) is 0. The van der Waals surface area contributed by atoms with Crippen LogP contribution in [-0.2, 0) is 11.3 Å². The first-order valence-electron chi connectivity index (χ1n) is 9.76. The smallest absolute Gasteiger partial charge is 0.266 e. The summed E-state index contributed by atoms with van der Waals surface area (Å²) in [5, 5.41) is 0.558. The highest BCUT2D eigenvalue weighted by atomic mass is 35.5. The van der Waals surface area contributed by atoms with E-state index in [9.17, 15) is 9.18 Å². The molecule has 0 bridgehead atoms. The zero-order valence-corrected chi connectivity index (χ0v) is 17.5. The van der Waals surface area contributed by atoms with Crippen LogP contribution < -0.4 is 5.56 Å². The molecular weight excluding hydrogens is 417 g/mol. The predicted octanol–water partition coefficient (Wildman–Crippen LogP) is 5.28. The van der Waals surface area contributed by atoms with E-state index in [1.165, 1.54) is 22.8 Å². The maximum absolute atomic E-state index is 13.8. The molecule has 0 saturated heterocycles. The fourth-order valence-electron chi connectivity index (χ4n) is 3.19. The van der Waals surface area contributed by atoms with Gasteiger partial charge in [0, 0.05) is 6.61 Å². The molecule has 4 rings (SSSR count). The molecule has 4 aromatic rings. The van der Waals surface area contributed by atoms with Crippen LogP contribution in [-0.4, -0.2) is 21.1 Å². The predicted molar refractivity (Wildman–Crippen MR) is 121 cm³/mol. The van der Waals surface area contributed by atoms with Crippen LogP contribution in [0.1, 0.15) is 24.1 Å². The van der Waals surface area contributed by atoms with Gasteiger partial charge >= 0.3 is 0 Å². The Morgan fingerprint density at radius 3 is 2.71 bits per heavy atom. The van der Waals surface area contributed by atoms with E-state index < -0.39 is 11.4 Å². The Morgan fingerprint density at radius 1 is 1.06 bits per heavy atom. The third kappa shape index (κ3) is 4.55. The summed E-state index contributed by atoms with van der Waals surface area (Å²) in [4.78, 5) is 22.4. The van der Waals surface area contributed by atoms with Crippen LogP contribution in [0.2, 0.25) is 5.02 Å². The molecule has 0 N–H and O–H groups in total. The van der Waals surface area contributed by atoms with Gasteiger partial charge in [-0.05, 0) is 61.5 Å². The molecule has 0 amide bonds. The average molecular weight is 436 g/mol. The number of aromatic nitrogens is 3. The zero-order valence-electron chi connectivity index (χ0n) is 16.8. The van der Waals surface area contributed by atoms with Gasteiger partial charge in [0.05, 0.1) is 39.6 Å². The number of para-hydroxylation sites is 1. The van der Waals surface area contributed by atoms with E-state index >= 15 is 0 Å². The normalized spacial score (nSPS) is 11.5. The van der Waals surface area contributed by atoms with Crippen LogP contribution in [0.4, 0.5) is 4.39 Å². The largest absolute Gasteiger partial charge is 0.375 e. The van der Waals surface area contributed by atoms with E-state index in [1.807, 2.05) is 25.1 Å². The van der Waals surface area contributed by atoms with Gasteiger partial charge in [0.2, 0.25) is 0 Å². The minimum absolute atomic E-state index is 0.175. The molecule has 7 heteroatoms. The lowest BCUT2D eigenvalue weighted by Crippen LogP contribution is -2.22. The molecule has 0 fully saturated rings. The lowest BCUT2D eigenvalue weighted by Gasteiger charge is -2.13. The lowest BCUT2D eigenvalue weighted by atomic mass is 10.2. The van der Waals surface area contributed by atoms with Crippen LogP contribution in [0, 0.1) is 5.82 Å². The van der Waals surface area contributed by atoms with Gasteiger partial charge in [0.1, 0.15) is 11.6 Å². The molecular formula is C24H19ClFN3O2. The molecule has 0 unspecified atom stereocenters. The van der Waals surface area contributed by atoms with Crippen molar-refractivity contribution in [3.8, 4) is 5.69 Å². The number of ether oxygens (including phenoxy) is 1. The number of fused-ring (bicyclic) bond motifs is 1. The standard InChI is InChI=1S/C24H19ClFN3O2/c1-2-31-15-18-7-5-6-17(27-18)11-13-23-28-21-12-10-16(26)14-19(21)24(30)29(23)22-9-4-3-8-20(22)25/h3-14H,2,15H2,1H3/b13-11+. The highest BCUT2D eigenvalue weighted by Crippen LogP contribution is 2.22. The Bertz CT molecular complexity index is 1330. The summed E-state index contributed by atoms with van der Waals surface area (Å²) < 4.78 is 20.6. The number of rotatable bonds is 6. The molecule has 0 atom stereocenters. The maximum Gasteiger partial charge on any atom is 0.266 e. The van der Waals surface area contributed by atoms with E-state index in [-0.39, 0.29) is 5.39 Å². The number of hydrogen-bond donors (Lipinski definition) is 0. The van der Waals surface area contributed by atoms with E-state index in [1.54, 1.807) is 36.4 Å². The van der Waals surface area contributed by atoms with Gasteiger partial charge in [0.25, 0.3) is 5.56 Å². The first-order valence-corrected chi connectivity index (χ1v) is 10.1. The molecule has 0 spiro atoms. The van der Waals surface area contributed by atoms with Gasteiger partial charge in [-0.3, -0.25) is 14.3 Å². The second-order valence-electron chi connectivity index (χ2n) is 6.75. The Labute approximate surface area is 183 Å². The van der Waals surface area contributed by atoms with E-state index in [2.05, 4.69) is 9.97 Å². The van der Waals surface area contributed by atoms with Gasteiger partial charge in [-0.15, -0.1) is 0 Å². The number of pyridine rings is 1. The number of halogens is 2. The Hall–Kier alpha value is -3.35. The SMILES string of the molecule is CCOCc1cccc(/C=C/c2nc3ccc(F)cc3c(=O)n2-c2ccccc2Cl)n1. The van der Waals surface area contributed by atoms with Crippen LogP contribution in [0.3, 0.4) is 0 Å². The molecule has 2 aromatic heterocycles. The summed E-state index contributed by atoms with van der Waals surface area (Å²) in [5.74, 6) is -0.148. The fraction of sp³-hybridized carbons (Fsp3) is 0.125. The third-order valence-corrected chi connectivity index (χ3v) is 4.95. The van der Waals surface area contributed by atoms with E-state index in [0.29, 0.717) is 41.0 Å². The van der Waals surface area contributed by atoms with Crippen molar-refractivity contribution < 1.29 is 9.13 Å². The van der Waals surface area contributed by atoms with Crippen molar-refractivity contribution in [3.63, 3.8) is 0 Å². The monoisotopic (exact) mass is 435 g/mol. The average Bonchev–Trinajstić information content (AvgIpc) is 2.78. The molecule has 0 aliphatic heterocycles. The third-order valence-electron chi connectivity index (χ3n) is 4.64. The van der Waals surface area contributed by atoms with Crippen molar-refractivity contribution in [1.29, 1.82) is 0 Å². The second-order valence-corrected chi connectivity index (χ2v) is 7.15. The minimum Gasteiger partial charge on any atom is -0.375 e. The Balaban J connectivity index is 1.86. The number of hydrogen-bond acceptors (Lipinski definition) is 4. The molecule has 2 aromatic carbocycles. The summed E-state index contributed by atoms with van der Waals surface area (Å²) >= 11 is 6.36. The quantitative estimate of drug-likeness (QED) is 0.413. The summed E-state index contributed by atoms with van der Waals surface area (Å²) in [6.45, 7) is 2.95. The van der Waals surface area contributed by atoms with Crippen molar-refractivity contribution in [1.82, 2.24) is 14.5 Å². The van der Waals surface area contributed by atoms with Crippen LogP contribution in [0.15, 0.2) is 65.5 Å². The Kier molecular flexibility index (Phi) is 6.21. The first-order chi connectivity index (χ1) is 15.1. The second kappa shape index (κ2) is 9.20. The van der Waals surface area contributed by atoms with Crippen molar-refractivity contribution in [2.24, 2.45) is 0 Å². The molecule has 0 saturated carbocycles. The number of benzene rings is 2. The van der Waals surface area contributed by atoms with Crippen molar-refractivity contribution in [3.05, 3.63) is 99.1 Å². The molecule has 0 radical (unpaired) electrons. The molecule has 31 heavy (non-hydrogen) atoms. The molecule has 5 nitrogen and oxygen atoms in total. The highest BCUT2D eigenvalue weighted by molar-refractivity contribution is 6.32. The van der Waals surface area contributed by atoms with Gasteiger partial charge in [0.15, 0.2) is 0 Å². The molecule has 0 aliphatic rings. The summed E-state index contributed by atoms with van der Waals surface area (Å²) in [6, 6.07) is 16.5. The molecule has 2 heterocycles. The van der Waals surface area contributed by atoms with E-state index in [0.717, 1.165) is 5.69 Å². The van der Waals surface area contributed by atoms with Crippen LogP contribution in [0.5, 0.6) is 0 Å². The van der Waals surface area contributed by atoms with Gasteiger partial charge in [-0.2, -0.15) is 0 Å². The van der Waals surface area contributed by atoms with E-state index in [4.69, 9.17) is 16.3 Å². The first kappa shape index (κ1) is 20.9. The number of nitrogens with zero attached hydrogens (tertiary/aromatic N) is 3. The zero-order chi connectivity index (χ0) is 21.8. The van der Waals surface area contributed by atoms with Gasteiger partial charge in [-0.25, -0.2) is 9.37 Å². The van der Waals surface area contributed by atoms with Gasteiger partial charge in [-0.1, -0.05) is 29.8 Å². The fourth-order valence-corrected chi connectivity index (χ4v) is 3.41. The van der Waals surface area contributed by atoms with Crippen LogP contribution in [0.25, 0.3) is 28.7 Å². The lowest BCUT2D eigenvalue weighted by molar-refractivity contribution is 0.131. The maximum atomic E-state index is 13.8. The van der Waals surface area contributed by atoms with Crippen molar-refractivity contribution in [2.75, 3.05) is 6.61 Å². The van der Waals surface area contributed by atoms with Crippen molar-refractivity contribution in [2.45, 2.75) is 13.5 Å². The molecule has 156 valence electrons. The topological polar surface area (TPSA) is 57.0 Å². The van der Waals surface area contributed by atoms with Crippen molar-refractivity contribution >= 4 is 34.7 Å². The van der Waals surface area contributed by atoms with Crippen LogP contribution >= 0.6 is 11.6 Å².